The van der Waals surface area contributed by atoms with Crippen molar-refractivity contribution in [2.45, 2.75) is 57.7 Å². The lowest BCUT2D eigenvalue weighted by atomic mass is 9.72. The Morgan fingerprint density at radius 3 is 2.75 bits per heavy atom. The van der Waals surface area contributed by atoms with Crippen molar-refractivity contribution in [3.63, 3.8) is 0 Å². The minimum absolute atomic E-state index is 0.0474. The fourth-order valence-electron chi connectivity index (χ4n) is 2.24. The second-order valence-corrected chi connectivity index (χ2v) is 4.10. The molecular formula is C10H20O2. The van der Waals surface area contributed by atoms with E-state index in [0.717, 1.165) is 32.1 Å². The minimum atomic E-state index is -0.591. The molecule has 1 saturated carbocycles. The lowest BCUT2D eigenvalue weighted by molar-refractivity contribution is -0.101. The van der Waals surface area contributed by atoms with E-state index < -0.39 is 5.60 Å². The summed E-state index contributed by atoms with van der Waals surface area (Å²) in [6, 6.07) is 0. The minimum Gasteiger partial charge on any atom is -0.393 e. The number of aliphatic hydroxyl groups is 2. The van der Waals surface area contributed by atoms with E-state index in [2.05, 4.69) is 6.92 Å². The van der Waals surface area contributed by atoms with E-state index >= 15 is 0 Å². The maximum Gasteiger partial charge on any atom is 0.0697 e. The molecule has 1 fully saturated rings. The predicted octanol–water partition coefficient (Wildman–Crippen LogP) is 1.70. The quantitative estimate of drug-likeness (QED) is 0.665. The van der Waals surface area contributed by atoms with Gasteiger partial charge in [-0.05, 0) is 25.7 Å². The average molecular weight is 172 g/mol. The van der Waals surface area contributed by atoms with Gasteiger partial charge >= 0.3 is 0 Å². The molecule has 0 spiro atoms. The van der Waals surface area contributed by atoms with E-state index in [9.17, 15) is 10.2 Å². The molecule has 3 unspecified atom stereocenters. The van der Waals surface area contributed by atoms with Crippen molar-refractivity contribution < 1.29 is 10.2 Å². The molecule has 0 aliphatic heterocycles. The zero-order chi connectivity index (χ0) is 9.19. The summed E-state index contributed by atoms with van der Waals surface area (Å²) in [6.07, 6.45) is 4.20. The molecule has 0 bridgehead atoms. The van der Waals surface area contributed by atoms with Crippen LogP contribution in [0.15, 0.2) is 0 Å². The molecule has 0 saturated heterocycles. The molecule has 12 heavy (non-hydrogen) atoms. The van der Waals surface area contributed by atoms with Crippen LogP contribution in [0, 0.1) is 5.92 Å². The highest BCUT2D eigenvalue weighted by molar-refractivity contribution is 4.91. The van der Waals surface area contributed by atoms with E-state index in [1.807, 2.05) is 6.92 Å². The summed E-state index contributed by atoms with van der Waals surface area (Å²) >= 11 is 0. The van der Waals surface area contributed by atoms with Gasteiger partial charge in [0, 0.05) is 5.92 Å². The molecule has 2 N–H and O–H groups in total. The monoisotopic (exact) mass is 172 g/mol. The van der Waals surface area contributed by atoms with Gasteiger partial charge in [-0.2, -0.15) is 0 Å². The van der Waals surface area contributed by atoms with E-state index in [4.69, 9.17) is 0 Å². The Bertz CT molecular complexity index is 143. The summed E-state index contributed by atoms with van der Waals surface area (Å²) in [4.78, 5) is 0. The van der Waals surface area contributed by atoms with Gasteiger partial charge in [0.2, 0.25) is 0 Å². The first-order chi connectivity index (χ1) is 5.60. The van der Waals surface area contributed by atoms with Gasteiger partial charge in [0.05, 0.1) is 11.7 Å². The standard InChI is InChI=1S/C10H20O2/c1-3-6-10(12)7-4-5-9(11)8(10)2/h8-9,11-12H,3-7H2,1-2H3. The number of rotatable bonds is 2. The summed E-state index contributed by atoms with van der Waals surface area (Å²) in [5.74, 6) is 0.0474. The summed E-state index contributed by atoms with van der Waals surface area (Å²) in [5, 5.41) is 19.7. The van der Waals surface area contributed by atoms with E-state index in [1.54, 1.807) is 0 Å². The average Bonchev–Trinajstić information content (AvgIpc) is 2.01. The molecule has 0 aromatic heterocycles. The Morgan fingerprint density at radius 2 is 2.17 bits per heavy atom. The van der Waals surface area contributed by atoms with Gasteiger partial charge in [0.15, 0.2) is 0 Å². The second-order valence-electron chi connectivity index (χ2n) is 4.10. The second kappa shape index (κ2) is 3.75. The topological polar surface area (TPSA) is 40.5 Å². The van der Waals surface area contributed by atoms with Crippen molar-refractivity contribution in [1.82, 2.24) is 0 Å². The lowest BCUT2D eigenvalue weighted by Gasteiger charge is -2.41. The molecule has 1 aliphatic carbocycles. The summed E-state index contributed by atoms with van der Waals surface area (Å²) in [5.41, 5.74) is -0.591. The summed E-state index contributed by atoms with van der Waals surface area (Å²) in [7, 11) is 0. The van der Waals surface area contributed by atoms with E-state index in [1.165, 1.54) is 0 Å². The Morgan fingerprint density at radius 1 is 1.50 bits per heavy atom. The predicted molar refractivity (Wildman–Crippen MR) is 48.9 cm³/mol. The van der Waals surface area contributed by atoms with Crippen LogP contribution in [0.3, 0.4) is 0 Å². The van der Waals surface area contributed by atoms with Crippen LogP contribution in [0.5, 0.6) is 0 Å². The Hall–Kier alpha value is -0.0800. The Balaban J connectivity index is 2.60. The smallest absolute Gasteiger partial charge is 0.0697 e. The van der Waals surface area contributed by atoms with Crippen LogP contribution in [0.25, 0.3) is 0 Å². The van der Waals surface area contributed by atoms with Gasteiger partial charge in [0.25, 0.3) is 0 Å². The fraction of sp³-hybridized carbons (Fsp3) is 1.00. The van der Waals surface area contributed by atoms with Crippen molar-refractivity contribution in [1.29, 1.82) is 0 Å². The third kappa shape index (κ3) is 1.80. The first kappa shape index (κ1) is 10.0. The van der Waals surface area contributed by atoms with Gasteiger partial charge < -0.3 is 10.2 Å². The SMILES string of the molecule is CCCC1(O)CCCC(O)C1C. The van der Waals surface area contributed by atoms with Gasteiger partial charge in [-0.25, -0.2) is 0 Å². The van der Waals surface area contributed by atoms with Crippen molar-refractivity contribution in [3.8, 4) is 0 Å². The summed E-state index contributed by atoms with van der Waals surface area (Å²) < 4.78 is 0. The number of hydrogen-bond donors (Lipinski definition) is 2. The highest BCUT2D eigenvalue weighted by atomic mass is 16.3. The molecule has 3 atom stereocenters. The lowest BCUT2D eigenvalue weighted by Crippen LogP contribution is -2.46. The van der Waals surface area contributed by atoms with Gasteiger partial charge in [-0.15, -0.1) is 0 Å². The Kier molecular flexibility index (Phi) is 3.13. The summed E-state index contributed by atoms with van der Waals surface area (Å²) in [6.45, 7) is 4.03. The maximum absolute atomic E-state index is 10.2. The van der Waals surface area contributed by atoms with Crippen LogP contribution < -0.4 is 0 Å². The van der Waals surface area contributed by atoms with Crippen LogP contribution in [0.2, 0.25) is 0 Å². The molecule has 1 rings (SSSR count). The molecule has 1 aliphatic rings. The molecule has 2 nitrogen and oxygen atoms in total. The zero-order valence-electron chi connectivity index (χ0n) is 8.08. The number of hydrogen-bond acceptors (Lipinski definition) is 2. The highest BCUT2D eigenvalue weighted by Crippen LogP contribution is 2.36. The molecular weight excluding hydrogens is 152 g/mol. The van der Waals surface area contributed by atoms with Crippen LogP contribution in [0.1, 0.15) is 46.0 Å². The van der Waals surface area contributed by atoms with Crippen molar-refractivity contribution in [2.75, 3.05) is 0 Å². The first-order valence-corrected chi connectivity index (χ1v) is 5.00. The maximum atomic E-state index is 10.2. The molecule has 0 heterocycles. The van der Waals surface area contributed by atoms with Crippen LogP contribution in [0.4, 0.5) is 0 Å². The van der Waals surface area contributed by atoms with Crippen LogP contribution >= 0.6 is 0 Å². The van der Waals surface area contributed by atoms with Crippen molar-refractivity contribution >= 4 is 0 Å². The molecule has 0 aromatic rings. The van der Waals surface area contributed by atoms with Crippen molar-refractivity contribution in [3.05, 3.63) is 0 Å². The molecule has 0 radical (unpaired) electrons. The Labute approximate surface area is 74.6 Å². The van der Waals surface area contributed by atoms with E-state index in [0.29, 0.717) is 0 Å². The van der Waals surface area contributed by atoms with Crippen LogP contribution in [-0.4, -0.2) is 21.9 Å². The van der Waals surface area contributed by atoms with E-state index in [-0.39, 0.29) is 12.0 Å². The molecule has 0 aromatic carbocycles. The normalized spacial score (nSPS) is 43.0. The van der Waals surface area contributed by atoms with Gasteiger partial charge in [0.1, 0.15) is 0 Å². The third-order valence-electron chi connectivity index (χ3n) is 3.22. The van der Waals surface area contributed by atoms with Crippen LogP contribution in [-0.2, 0) is 0 Å². The van der Waals surface area contributed by atoms with Crippen molar-refractivity contribution in [2.24, 2.45) is 5.92 Å². The van der Waals surface area contributed by atoms with Gasteiger partial charge in [-0.3, -0.25) is 0 Å². The number of aliphatic hydroxyl groups excluding tert-OH is 1. The zero-order valence-corrected chi connectivity index (χ0v) is 8.08. The highest BCUT2D eigenvalue weighted by Gasteiger charge is 2.39. The van der Waals surface area contributed by atoms with Gasteiger partial charge in [-0.1, -0.05) is 20.3 Å². The molecule has 2 heteroatoms. The largest absolute Gasteiger partial charge is 0.393 e. The first-order valence-electron chi connectivity index (χ1n) is 5.00. The molecule has 0 amide bonds. The molecule has 72 valence electrons. The third-order valence-corrected chi connectivity index (χ3v) is 3.22. The fourth-order valence-corrected chi connectivity index (χ4v) is 2.24.